The molecule has 0 heterocycles. The van der Waals surface area contributed by atoms with E-state index in [1.807, 2.05) is 42.5 Å². The van der Waals surface area contributed by atoms with Crippen molar-refractivity contribution in [1.82, 2.24) is 10.7 Å². The Bertz CT molecular complexity index is 1050. The summed E-state index contributed by atoms with van der Waals surface area (Å²) in [4.78, 5) is 10.6. The van der Waals surface area contributed by atoms with Crippen molar-refractivity contribution >= 4 is 40.0 Å². The molecule has 3 rings (SSSR count). The third kappa shape index (κ3) is 4.60. The molecule has 0 saturated heterocycles. The number of nitrogens with one attached hydrogen (secondary N) is 2. The summed E-state index contributed by atoms with van der Waals surface area (Å²) < 4.78 is 5.96. The summed E-state index contributed by atoms with van der Waals surface area (Å²) in [5, 5.41) is 20.4. The number of hydrogen-bond donors (Lipinski definition) is 2. The number of fused-ring (bicyclic) bond motifs is 1. The van der Waals surface area contributed by atoms with Crippen LogP contribution in [0.4, 0.5) is 5.69 Å². The molecule has 0 amide bonds. The zero-order chi connectivity index (χ0) is 19.9. The number of hydrazone groups is 1. The Kier molecular flexibility index (Phi) is 6.13. The standard InChI is InChI=1S/C20H18N4O3S/c1-21-20(28)23-22-12-16-11-17(24(25)26)9-10-19(16)27-13-15-7-4-6-14-5-2-3-8-18(14)15/h2-12H,13H2,1H3,(H2,21,23,28)/b22-12-. The third-order valence-corrected chi connectivity index (χ3v) is 4.36. The number of rotatable bonds is 6. The number of nitro benzene ring substituents is 1. The summed E-state index contributed by atoms with van der Waals surface area (Å²) in [5.74, 6) is 0.486. The van der Waals surface area contributed by atoms with E-state index in [0.29, 0.717) is 23.0 Å². The van der Waals surface area contributed by atoms with E-state index in [1.54, 1.807) is 13.1 Å². The van der Waals surface area contributed by atoms with Crippen molar-refractivity contribution < 1.29 is 9.66 Å². The van der Waals surface area contributed by atoms with E-state index in [4.69, 9.17) is 17.0 Å². The molecule has 7 nitrogen and oxygen atoms in total. The lowest BCUT2D eigenvalue weighted by Crippen LogP contribution is -2.28. The molecule has 142 valence electrons. The van der Waals surface area contributed by atoms with Gasteiger partial charge in [0.2, 0.25) is 0 Å². The largest absolute Gasteiger partial charge is 0.488 e. The van der Waals surface area contributed by atoms with Gasteiger partial charge in [-0.15, -0.1) is 0 Å². The lowest BCUT2D eigenvalue weighted by molar-refractivity contribution is -0.384. The molecule has 0 bridgehead atoms. The van der Waals surface area contributed by atoms with Gasteiger partial charge in [0.1, 0.15) is 12.4 Å². The van der Waals surface area contributed by atoms with Crippen molar-refractivity contribution in [3.63, 3.8) is 0 Å². The molecule has 0 radical (unpaired) electrons. The first-order chi connectivity index (χ1) is 13.6. The van der Waals surface area contributed by atoms with Gasteiger partial charge in [0.05, 0.1) is 11.1 Å². The third-order valence-electron chi connectivity index (χ3n) is 4.06. The van der Waals surface area contributed by atoms with Crippen LogP contribution in [0.5, 0.6) is 5.75 Å². The maximum Gasteiger partial charge on any atom is 0.270 e. The van der Waals surface area contributed by atoms with Gasteiger partial charge >= 0.3 is 0 Å². The minimum atomic E-state index is -0.461. The second-order valence-electron chi connectivity index (χ2n) is 5.86. The van der Waals surface area contributed by atoms with Crippen molar-refractivity contribution in [3.8, 4) is 5.75 Å². The molecule has 0 aromatic heterocycles. The highest BCUT2D eigenvalue weighted by atomic mass is 32.1. The van der Waals surface area contributed by atoms with E-state index in [1.165, 1.54) is 18.3 Å². The first kappa shape index (κ1) is 19.2. The smallest absolute Gasteiger partial charge is 0.270 e. The van der Waals surface area contributed by atoms with E-state index in [0.717, 1.165) is 16.3 Å². The van der Waals surface area contributed by atoms with Gasteiger partial charge in [0.15, 0.2) is 5.11 Å². The molecular weight excluding hydrogens is 376 g/mol. The lowest BCUT2D eigenvalue weighted by atomic mass is 10.1. The Morgan fingerprint density at radius 2 is 2.00 bits per heavy atom. The number of nitro groups is 1. The number of nitrogens with zero attached hydrogens (tertiary/aromatic N) is 2. The molecule has 0 aliphatic carbocycles. The molecule has 0 fully saturated rings. The van der Waals surface area contributed by atoms with Crippen molar-refractivity contribution in [3.05, 3.63) is 81.9 Å². The molecule has 0 unspecified atom stereocenters. The van der Waals surface area contributed by atoms with Crippen LogP contribution < -0.4 is 15.5 Å². The molecule has 0 aliphatic rings. The predicted octanol–water partition coefficient (Wildman–Crippen LogP) is 3.75. The van der Waals surface area contributed by atoms with Gasteiger partial charge in [-0.1, -0.05) is 42.5 Å². The Morgan fingerprint density at radius 1 is 1.21 bits per heavy atom. The van der Waals surface area contributed by atoms with Crippen LogP contribution in [0.15, 0.2) is 65.8 Å². The molecule has 0 atom stereocenters. The van der Waals surface area contributed by atoms with Crippen LogP contribution in [0, 0.1) is 10.1 Å². The maximum absolute atomic E-state index is 11.1. The van der Waals surface area contributed by atoms with E-state index in [2.05, 4.69) is 15.8 Å². The fourth-order valence-corrected chi connectivity index (χ4v) is 2.72. The number of ether oxygens (including phenoxy) is 1. The fraction of sp³-hybridized carbons (Fsp3) is 0.100. The number of hydrogen-bond acceptors (Lipinski definition) is 5. The van der Waals surface area contributed by atoms with Gasteiger partial charge in [-0.25, -0.2) is 0 Å². The minimum absolute atomic E-state index is 0.0462. The first-order valence-corrected chi connectivity index (χ1v) is 8.88. The SMILES string of the molecule is CNC(=S)N/N=C\c1cc([N+](=O)[O-])ccc1OCc1cccc2ccccc12. The van der Waals surface area contributed by atoms with Crippen molar-refractivity contribution in [2.24, 2.45) is 5.10 Å². The molecule has 2 N–H and O–H groups in total. The fourth-order valence-electron chi connectivity index (χ4n) is 2.67. The molecular formula is C20H18N4O3S. The zero-order valence-corrected chi connectivity index (χ0v) is 15.9. The van der Waals surface area contributed by atoms with Crippen LogP contribution in [-0.2, 0) is 6.61 Å². The highest BCUT2D eigenvalue weighted by Gasteiger charge is 2.11. The summed E-state index contributed by atoms with van der Waals surface area (Å²) in [6.07, 6.45) is 1.44. The van der Waals surface area contributed by atoms with Crippen LogP contribution in [-0.4, -0.2) is 23.3 Å². The van der Waals surface area contributed by atoms with Crippen molar-refractivity contribution in [1.29, 1.82) is 0 Å². The molecule has 0 spiro atoms. The Labute approximate surface area is 167 Å². The average Bonchev–Trinajstić information content (AvgIpc) is 2.72. The molecule has 3 aromatic carbocycles. The van der Waals surface area contributed by atoms with Gasteiger partial charge in [0.25, 0.3) is 5.69 Å². The molecule has 8 heteroatoms. The molecule has 28 heavy (non-hydrogen) atoms. The summed E-state index contributed by atoms with van der Waals surface area (Å²) in [6.45, 7) is 0.322. The Morgan fingerprint density at radius 3 is 2.79 bits per heavy atom. The normalized spacial score (nSPS) is 10.8. The van der Waals surface area contributed by atoms with Gasteiger partial charge in [0, 0.05) is 24.7 Å². The zero-order valence-electron chi connectivity index (χ0n) is 15.1. The molecule has 0 saturated carbocycles. The van der Waals surface area contributed by atoms with Crippen molar-refractivity contribution in [2.45, 2.75) is 6.61 Å². The molecule has 3 aromatic rings. The highest BCUT2D eigenvalue weighted by Crippen LogP contribution is 2.25. The van der Waals surface area contributed by atoms with Gasteiger partial charge in [-0.3, -0.25) is 15.5 Å². The second-order valence-corrected chi connectivity index (χ2v) is 6.26. The number of non-ortho nitro benzene ring substituents is 1. The summed E-state index contributed by atoms with van der Waals surface area (Å²) in [5.41, 5.74) is 4.07. The van der Waals surface area contributed by atoms with Crippen LogP contribution in [0.3, 0.4) is 0 Å². The van der Waals surface area contributed by atoms with Crippen LogP contribution in [0.25, 0.3) is 10.8 Å². The maximum atomic E-state index is 11.1. The lowest BCUT2D eigenvalue weighted by Gasteiger charge is -2.11. The van der Waals surface area contributed by atoms with E-state index >= 15 is 0 Å². The van der Waals surface area contributed by atoms with E-state index in [-0.39, 0.29) is 5.69 Å². The van der Waals surface area contributed by atoms with Crippen molar-refractivity contribution in [2.75, 3.05) is 7.05 Å². The summed E-state index contributed by atoms with van der Waals surface area (Å²) in [6, 6.07) is 18.4. The predicted molar refractivity (Wildman–Crippen MR) is 114 cm³/mol. The van der Waals surface area contributed by atoms with E-state index < -0.39 is 4.92 Å². The van der Waals surface area contributed by atoms with Crippen LogP contribution >= 0.6 is 12.2 Å². The summed E-state index contributed by atoms with van der Waals surface area (Å²) >= 11 is 4.96. The van der Waals surface area contributed by atoms with Crippen LogP contribution in [0.2, 0.25) is 0 Å². The number of thiocarbonyl (C=S) groups is 1. The highest BCUT2D eigenvalue weighted by molar-refractivity contribution is 7.80. The van der Waals surface area contributed by atoms with Crippen LogP contribution in [0.1, 0.15) is 11.1 Å². The number of benzene rings is 3. The van der Waals surface area contributed by atoms with Gasteiger partial charge in [-0.05, 0) is 34.6 Å². The average molecular weight is 394 g/mol. The Hall–Kier alpha value is -3.52. The quantitative estimate of drug-likeness (QED) is 0.286. The summed E-state index contributed by atoms with van der Waals surface area (Å²) in [7, 11) is 1.66. The minimum Gasteiger partial charge on any atom is -0.488 e. The Balaban J connectivity index is 1.85. The van der Waals surface area contributed by atoms with Gasteiger partial charge < -0.3 is 10.1 Å². The van der Waals surface area contributed by atoms with Gasteiger partial charge in [-0.2, -0.15) is 5.10 Å². The second kappa shape index (κ2) is 8.92. The topological polar surface area (TPSA) is 88.8 Å². The van der Waals surface area contributed by atoms with E-state index in [9.17, 15) is 10.1 Å². The monoisotopic (exact) mass is 394 g/mol. The molecule has 0 aliphatic heterocycles. The first-order valence-electron chi connectivity index (χ1n) is 8.47.